The summed E-state index contributed by atoms with van der Waals surface area (Å²) in [7, 11) is 0. The first kappa shape index (κ1) is 16.6. The average Bonchev–Trinajstić information content (AvgIpc) is 2.68. The minimum atomic E-state index is -0.585. The second-order valence-corrected chi connectivity index (χ2v) is 5.98. The molecule has 9 heteroatoms. The van der Waals surface area contributed by atoms with Crippen LogP contribution in [0.5, 0.6) is 5.75 Å². The van der Waals surface area contributed by atoms with Gasteiger partial charge in [0.15, 0.2) is 6.61 Å². The van der Waals surface area contributed by atoms with Crippen LogP contribution in [0.3, 0.4) is 0 Å². The molecular formula is C18H15N5O4. The number of aromatic nitrogens is 2. The number of nitrogen functional groups attached to an aromatic ring is 1. The van der Waals surface area contributed by atoms with Gasteiger partial charge in [-0.1, -0.05) is 18.2 Å². The molecule has 27 heavy (non-hydrogen) atoms. The summed E-state index contributed by atoms with van der Waals surface area (Å²) in [4.78, 5) is 40.3. The molecule has 0 saturated heterocycles. The molecule has 4 rings (SSSR count). The summed E-state index contributed by atoms with van der Waals surface area (Å²) in [5, 5.41) is 5.71. The van der Waals surface area contributed by atoms with E-state index >= 15 is 0 Å². The Bertz CT molecular complexity index is 1140. The van der Waals surface area contributed by atoms with E-state index in [1.165, 1.54) is 0 Å². The van der Waals surface area contributed by atoms with E-state index in [1.54, 1.807) is 42.5 Å². The zero-order chi connectivity index (χ0) is 19.0. The summed E-state index contributed by atoms with van der Waals surface area (Å²) >= 11 is 0. The van der Waals surface area contributed by atoms with Crippen molar-refractivity contribution in [2.24, 2.45) is 0 Å². The molecule has 1 aliphatic rings. The smallest absolute Gasteiger partial charge is 0.289 e. The third-order valence-electron chi connectivity index (χ3n) is 4.14. The molecule has 2 aromatic carbocycles. The van der Waals surface area contributed by atoms with Gasteiger partial charge in [-0.05, 0) is 29.8 Å². The Labute approximate surface area is 152 Å². The van der Waals surface area contributed by atoms with Crippen molar-refractivity contribution < 1.29 is 14.3 Å². The number of para-hydroxylation sites is 1. The van der Waals surface area contributed by atoms with Gasteiger partial charge >= 0.3 is 0 Å². The third kappa shape index (κ3) is 3.06. The van der Waals surface area contributed by atoms with Crippen molar-refractivity contribution in [1.82, 2.24) is 15.0 Å². The van der Waals surface area contributed by atoms with Crippen LogP contribution < -0.4 is 26.8 Å². The van der Waals surface area contributed by atoms with E-state index in [0.717, 1.165) is 10.2 Å². The minimum Gasteiger partial charge on any atom is -0.482 e. The standard InChI is InChI=1S/C18H15N5O4/c19-23-16(22-12-4-2-1-3-11(12)18(23)26)17(25)20-8-10-5-6-14-13(7-10)21-15(24)9-27-14/h1-7H,8-9,19H2,(H,20,25)(H,21,24). The van der Waals surface area contributed by atoms with Gasteiger partial charge in [0.2, 0.25) is 5.82 Å². The zero-order valence-corrected chi connectivity index (χ0v) is 14.1. The fourth-order valence-corrected chi connectivity index (χ4v) is 2.81. The Kier molecular flexibility index (Phi) is 3.96. The summed E-state index contributed by atoms with van der Waals surface area (Å²) in [6, 6.07) is 11.8. The normalized spacial score (nSPS) is 12.8. The molecule has 1 aromatic heterocycles. The second kappa shape index (κ2) is 6.45. The van der Waals surface area contributed by atoms with E-state index in [9.17, 15) is 14.4 Å². The number of benzene rings is 2. The number of nitrogens with zero attached hydrogens (tertiary/aromatic N) is 2. The van der Waals surface area contributed by atoms with Gasteiger partial charge in [-0.25, -0.2) is 9.66 Å². The van der Waals surface area contributed by atoms with Gasteiger partial charge in [0, 0.05) is 6.54 Å². The molecule has 0 spiro atoms. The summed E-state index contributed by atoms with van der Waals surface area (Å²) in [6.45, 7) is 0.134. The van der Waals surface area contributed by atoms with Crippen molar-refractivity contribution >= 4 is 28.4 Å². The highest BCUT2D eigenvalue weighted by atomic mass is 16.5. The molecule has 0 fully saturated rings. The fraction of sp³-hybridized carbons (Fsp3) is 0.111. The lowest BCUT2D eigenvalue weighted by molar-refractivity contribution is -0.118. The molecule has 2 amide bonds. The number of nitrogens with one attached hydrogen (secondary N) is 2. The number of hydrogen-bond acceptors (Lipinski definition) is 6. The molecule has 3 aromatic rings. The maximum absolute atomic E-state index is 12.5. The van der Waals surface area contributed by atoms with E-state index in [4.69, 9.17) is 10.6 Å². The van der Waals surface area contributed by atoms with Crippen LogP contribution in [0.25, 0.3) is 10.9 Å². The predicted molar refractivity (Wildman–Crippen MR) is 97.9 cm³/mol. The quantitative estimate of drug-likeness (QED) is 0.575. The summed E-state index contributed by atoms with van der Waals surface area (Å²) in [5.74, 6) is 5.30. The summed E-state index contributed by atoms with van der Waals surface area (Å²) < 4.78 is 6.03. The molecule has 2 heterocycles. The molecule has 1 aliphatic heterocycles. The van der Waals surface area contributed by atoms with Crippen molar-refractivity contribution in [3.05, 3.63) is 64.2 Å². The van der Waals surface area contributed by atoms with Crippen LogP contribution in [-0.2, 0) is 11.3 Å². The van der Waals surface area contributed by atoms with Gasteiger partial charge in [0.25, 0.3) is 17.4 Å². The maximum Gasteiger partial charge on any atom is 0.289 e. The van der Waals surface area contributed by atoms with E-state index in [-0.39, 0.29) is 24.9 Å². The molecule has 0 bridgehead atoms. The van der Waals surface area contributed by atoms with Gasteiger partial charge < -0.3 is 21.2 Å². The van der Waals surface area contributed by atoms with Crippen LogP contribution in [-0.4, -0.2) is 28.1 Å². The Morgan fingerprint density at radius 3 is 2.93 bits per heavy atom. The van der Waals surface area contributed by atoms with Crippen LogP contribution in [0, 0.1) is 0 Å². The van der Waals surface area contributed by atoms with Gasteiger partial charge in [0.05, 0.1) is 16.6 Å². The Hall–Kier alpha value is -3.88. The number of hydrogen-bond donors (Lipinski definition) is 3. The second-order valence-electron chi connectivity index (χ2n) is 5.98. The number of fused-ring (bicyclic) bond motifs is 2. The third-order valence-corrected chi connectivity index (χ3v) is 4.14. The number of anilines is 1. The van der Waals surface area contributed by atoms with Crippen LogP contribution in [0.1, 0.15) is 16.2 Å². The lowest BCUT2D eigenvalue weighted by Gasteiger charge is -2.18. The predicted octanol–water partition coefficient (Wildman–Crippen LogP) is 0.371. The highest BCUT2D eigenvalue weighted by Gasteiger charge is 2.18. The number of rotatable bonds is 3. The van der Waals surface area contributed by atoms with Gasteiger partial charge in [-0.15, -0.1) is 0 Å². The topological polar surface area (TPSA) is 128 Å². The van der Waals surface area contributed by atoms with Crippen LogP contribution >= 0.6 is 0 Å². The maximum atomic E-state index is 12.5. The van der Waals surface area contributed by atoms with E-state index < -0.39 is 11.5 Å². The fourth-order valence-electron chi connectivity index (χ4n) is 2.81. The van der Waals surface area contributed by atoms with Crippen LogP contribution in [0.15, 0.2) is 47.3 Å². The first-order chi connectivity index (χ1) is 13.0. The van der Waals surface area contributed by atoms with Crippen LogP contribution in [0.4, 0.5) is 5.69 Å². The number of amides is 2. The van der Waals surface area contributed by atoms with Crippen molar-refractivity contribution in [3.8, 4) is 5.75 Å². The number of carbonyl (C=O) groups excluding carboxylic acids is 2. The Morgan fingerprint density at radius 1 is 1.26 bits per heavy atom. The molecule has 9 nitrogen and oxygen atoms in total. The van der Waals surface area contributed by atoms with E-state index in [1.807, 2.05) is 0 Å². The molecule has 0 atom stereocenters. The molecule has 0 unspecified atom stereocenters. The van der Waals surface area contributed by atoms with Crippen LogP contribution in [0.2, 0.25) is 0 Å². The highest BCUT2D eigenvalue weighted by molar-refractivity contribution is 5.95. The van der Waals surface area contributed by atoms with Crippen molar-refractivity contribution in [1.29, 1.82) is 0 Å². The zero-order valence-electron chi connectivity index (χ0n) is 14.1. The number of ether oxygens (including phenoxy) is 1. The van der Waals surface area contributed by atoms with Crippen molar-refractivity contribution in [2.45, 2.75) is 6.54 Å². The number of nitrogens with two attached hydrogens (primary N) is 1. The SMILES string of the molecule is Nn1c(C(=O)NCc2ccc3c(c2)NC(=O)CO3)nc2ccccc2c1=O. The number of carbonyl (C=O) groups is 2. The van der Waals surface area contributed by atoms with Gasteiger partial charge in [0.1, 0.15) is 5.75 Å². The monoisotopic (exact) mass is 365 g/mol. The summed E-state index contributed by atoms with van der Waals surface area (Å²) in [6.07, 6.45) is 0. The molecule has 0 radical (unpaired) electrons. The summed E-state index contributed by atoms with van der Waals surface area (Å²) in [5.41, 5.74) is 1.17. The molecule has 136 valence electrons. The lowest BCUT2D eigenvalue weighted by Crippen LogP contribution is -2.37. The largest absolute Gasteiger partial charge is 0.482 e. The first-order valence-corrected chi connectivity index (χ1v) is 8.13. The molecule has 4 N–H and O–H groups in total. The Morgan fingerprint density at radius 2 is 2.07 bits per heavy atom. The average molecular weight is 365 g/mol. The van der Waals surface area contributed by atoms with Gasteiger partial charge in [-0.3, -0.25) is 14.4 Å². The van der Waals surface area contributed by atoms with Crippen molar-refractivity contribution in [2.75, 3.05) is 17.8 Å². The van der Waals surface area contributed by atoms with Crippen molar-refractivity contribution in [3.63, 3.8) is 0 Å². The van der Waals surface area contributed by atoms with E-state index in [0.29, 0.717) is 22.3 Å². The molecule has 0 saturated carbocycles. The lowest BCUT2D eigenvalue weighted by atomic mass is 10.1. The van der Waals surface area contributed by atoms with Gasteiger partial charge in [-0.2, -0.15) is 0 Å². The first-order valence-electron chi connectivity index (χ1n) is 8.13. The minimum absolute atomic E-state index is 0.0231. The Balaban J connectivity index is 1.56. The molecule has 0 aliphatic carbocycles. The highest BCUT2D eigenvalue weighted by Crippen LogP contribution is 2.28. The molecular weight excluding hydrogens is 350 g/mol. The van der Waals surface area contributed by atoms with E-state index in [2.05, 4.69) is 15.6 Å².